The number of nitro groups is 1. The zero-order valence-electron chi connectivity index (χ0n) is 15.5. The predicted molar refractivity (Wildman–Crippen MR) is 98.0 cm³/mol. The maximum absolute atomic E-state index is 12.9. The van der Waals surface area contributed by atoms with Crippen molar-refractivity contribution in [2.75, 3.05) is 37.3 Å². The first-order valence-electron chi connectivity index (χ1n) is 8.57. The average molecular weight is 447 g/mol. The summed E-state index contributed by atoms with van der Waals surface area (Å²) in [7, 11) is -3.61. The summed E-state index contributed by atoms with van der Waals surface area (Å²) in [6.45, 7) is 0.507. The van der Waals surface area contributed by atoms with E-state index < -0.39 is 38.1 Å². The molecule has 162 valence electrons. The summed E-state index contributed by atoms with van der Waals surface area (Å²) >= 11 is 0. The zero-order valence-corrected chi connectivity index (χ0v) is 16.4. The lowest BCUT2D eigenvalue weighted by atomic mass is 10.1. The number of amides is 1. The van der Waals surface area contributed by atoms with Gasteiger partial charge in [0.05, 0.1) is 10.5 Å². The highest BCUT2D eigenvalue weighted by Gasteiger charge is 2.34. The summed E-state index contributed by atoms with van der Waals surface area (Å²) in [6.07, 6.45) is -3.77. The van der Waals surface area contributed by atoms with Gasteiger partial charge in [-0.1, -0.05) is 0 Å². The molecule has 0 radical (unpaired) electrons. The standard InChI is InChI=1S/C17H16F3N3O6S/c1-30(27,28)15-5-4-14(29-15)16(24)22-8-6-21(7-9-22)12-3-2-11(17(18,19)20)10-13(12)23(25)26/h2-5,10H,6-9H2,1H3. The second-order valence-electron chi connectivity index (χ2n) is 6.63. The van der Waals surface area contributed by atoms with E-state index in [0.717, 1.165) is 18.4 Å². The second-order valence-corrected chi connectivity index (χ2v) is 8.58. The van der Waals surface area contributed by atoms with Crippen LogP contribution in [0.3, 0.4) is 0 Å². The number of nitro benzene ring substituents is 1. The molecule has 9 nitrogen and oxygen atoms in total. The molecule has 30 heavy (non-hydrogen) atoms. The number of halogens is 3. The van der Waals surface area contributed by atoms with Crippen molar-refractivity contribution in [3.05, 3.63) is 51.8 Å². The van der Waals surface area contributed by atoms with E-state index in [9.17, 15) is 36.5 Å². The van der Waals surface area contributed by atoms with E-state index in [1.807, 2.05) is 0 Å². The Labute approximate surface area is 168 Å². The molecule has 2 heterocycles. The summed E-state index contributed by atoms with van der Waals surface area (Å²) in [4.78, 5) is 25.8. The van der Waals surface area contributed by atoms with Gasteiger partial charge in [0.15, 0.2) is 5.76 Å². The molecule has 0 N–H and O–H groups in total. The Morgan fingerprint density at radius 1 is 1.13 bits per heavy atom. The number of anilines is 1. The van der Waals surface area contributed by atoms with Crippen molar-refractivity contribution in [3.8, 4) is 0 Å². The maximum Gasteiger partial charge on any atom is 0.416 e. The Bertz CT molecular complexity index is 1090. The van der Waals surface area contributed by atoms with Crippen molar-refractivity contribution in [1.82, 2.24) is 4.90 Å². The third kappa shape index (κ3) is 4.40. The lowest BCUT2D eigenvalue weighted by molar-refractivity contribution is -0.384. The van der Waals surface area contributed by atoms with Crippen molar-refractivity contribution in [3.63, 3.8) is 0 Å². The van der Waals surface area contributed by atoms with E-state index in [4.69, 9.17) is 4.42 Å². The molecular weight excluding hydrogens is 431 g/mol. The molecule has 0 spiro atoms. The summed E-state index contributed by atoms with van der Waals surface area (Å²) in [5.41, 5.74) is -1.77. The molecule has 1 aromatic heterocycles. The minimum atomic E-state index is -4.71. The molecule has 1 fully saturated rings. The Morgan fingerprint density at radius 2 is 1.77 bits per heavy atom. The first-order chi connectivity index (χ1) is 13.9. The smallest absolute Gasteiger partial charge is 0.416 e. The van der Waals surface area contributed by atoms with Gasteiger partial charge in [-0.2, -0.15) is 13.2 Å². The van der Waals surface area contributed by atoms with Gasteiger partial charge >= 0.3 is 6.18 Å². The zero-order chi connectivity index (χ0) is 22.3. The first kappa shape index (κ1) is 21.6. The molecule has 1 amide bonds. The van der Waals surface area contributed by atoms with E-state index >= 15 is 0 Å². The predicted octanol–water partition coefficient (Wildman–Crippen LogP) is 2.57. The highest BCUT2D eigenvalue weighted by Crippen LogP contribution is 2.36. The largest absolute Gasteiger partial charge is 0.440 e. The molecule has 13 heteroatoms. The van der Waals surface area contributed by atoms with Crippen LogP contribution in [0.1, 0.15) is 16.1 Å². The molecule has 0 aliphatic carbocycles. The van der Waals surface area contributed by atoms with Gasteiger partial charge in [0.2, 0.25) is 14.9 Å². The average Bonchev–Trinajstić information content (AvgIpc) is 3.17. The molecule has 1 aliphatic rings. The van der Waals surface area contributed by atoms with Crippen LogP contribution in [0.15, 0.2) is 39.8 Å². The van der Waals surface area contributed by atoms with E-state index in [2.05, 4.69) is 0 Å². The topological polar surface area (TPSA) is 114 Å². The van der Waals surface area contributed by atoms with Crippen LogP contribution >= 0.6 is 0 Å². The lowest BCUT2D eigenvalue weighted by Gasteiger charge is -2.35. The number of hydrogen-bond acceptors (Lipinski definition) is 7. The Morgan fingerprint density at radius 3 is 2.27 bits per heavy atom. The highest BCUT2D eigenvalue weighted by atomic mass is 32.2. The van der Waals surface area contributed by atoms with Gasteiger partial charge in [0, 0.05) is 38.5 Å². The number of nitrogens with zero attached hydrogens (tertiary/aromatic N) is 3. The molecular formula is C17H16F3N3O6S. The van der Waals surface area contributed by atoms with Crippen molar-refractivity contribution in [2.45, 2.75) is 11.3 Å². The van der Waals surface area contributed by atoms with Gasteiger partial charge in [-0.05, 0) is 24.3 Å². The van der Waals surface area contributed by atoms with Crippen LogP contribution in [-0.2, 0) is 16.0 Å². The Hall–Kier alpha value is -3.09. The van der Waals surface area contributed by atoms with Crippen LogP contribution < -0.4 is 4.90 Å². The molecule has 1 aromatic carbocycles. The molecule has 2 aromatic rings. The highest BCUT2D eigenvalue weighted by molar-refractivity contribution is 7.90. The van der Waals surface area contributed by atoms with Gasteiger partial charge in [-0.3, -0.25) is 14.9 Å². The van der Waals surface area contributed by atoms with Crippen LogP contribution in [0.5, 0.6) is 0 Å². The molecule has 0 atom stereocenters. The molecule has 1 aliphatic heterocycles. The molecule has 0 unspecified atom stereocenters. The molecule has 0 bridgehead atoms. The third-order valence-electron chi connectivity index (χ3n) is 4.56. The Balaban J connectivity index is 1.75. The number of rotatable bonds is 4. The van der Waals surface area contributed by atoms with E-state index in [-0.39, 0.29) is 42.7 Å². The fourth-order valence-electron chi connectivity index (χ4n) is 3.05. The number of alkyl halides is 3. The summed E-state index contributed by atoms with van der Waals surface area (Å²) < 4.78 is 66.6. The van der Waals surface area contributed by atoms with E-state index in [1.54, 1.807) is 0 Å². The number of furan rings is 1. The molecule has 3 rings (SSSR count). The van der Waals surface area contributed by atoms with Crippen LogP contribution in [0.2, 0.25) is 0 Å². The van der Waals surface area contributed by atoms with Crippen LogP contribution in [0.4, 0.5) is 24.5 Å². The quantitative estimate of drug-likeness (QED) is 0.523. The number of carbonyl (C=O) groups is 1. The van der Waals surface area contributed by atoms with Crippen molar-refractivity contribution in [2.24, 2.45) is 0 Å². The van der Waals surface area contributed by atoms with Gasteiger partial charge in [0.1, 0.15) is 5.69 Å². The fourth-order valence-corrected chi connectivity index (χ4v) is 3.61. The van der Waals surface area contributed by atoms with Gasteiger partial charge < -0.3 is 14.2 Å². The SMILES string of the molecule is CS(=O)(=O)c1ccc(C(=O)N2CCN(c3ccc(C(F)(F)F)cc3[N+](=O)[O-])CC2)o1. The Kier molecular flexibility index (Phi) is 5.50. The number of carbonyl (C=O) groups excluding carboxylic acids is 1. The minimum Gasteiger partial charge on any atom is -0.440 e. The van der Waals surface area contributed by atoms with Gasteiger partial charge in [-0.15, -0.1) is 0 Å². The van der Waals surface area contributed by atoms with Crippen LogP contribution in [0.25, 0.3) is 0 Å². The maximum atomic E-state index is 12.9. The summed E-state index contributed by atoms with van der Waals surface area (Å²) in [5.74, 6) is -0.712. The number of benzene rings is 1. The fraction of sp³-hybridized carbons (Fsp3) is 0.353. The van der Waals surface area contributed by atoms with Gasteiger partial charge in [0.25, 0.3) is 11.6 Å². The van der Waals surface area contributed by atoms with Crippen LogP contribution in [-0.4, -0.2) is 56.6 Å². The summed E-state index contributed by atoms with van der Waals surface area (Å²) in [5, 5.41) is 10.9. The third-order valence-corrected chi connectivity index (χ3v) is 5.51. The molecule has 0 saturated carbocycles. The number of piperazine rings is 1. The van der Waals surface area contributed by atoms with Crippen LogP contribution in [0, 0.1) is 10.1 Å². The van der Waals surface area contributed by atoms with E-state index in [1.165, 1.54) is 21.9 Å². The number of sulfone groups is 1. The minimum absolute atomic E-state index is 0.0254. The van der Waals surface area contributed by atoms with Crippen molar-refractivity contribution in [1.29, 1.82) is 0 Å². The lowest BCUT2D eigenvalue weighted by Crippen LogP contribution is -2.48. The normalized spacial score (nSPS) is 15.3. The van der Waals surface area contributed by atoms with Crippen molar-refractivity contribution >= 4 is 27.1 Å². The first-order valence-corrected chi connectivity index (χ1v) is 10.5. The summed E-state index contributed by atoms with van der Waals surface area (Å²) in [6, 6.07) is 4.72. The van der Waals surface area contributed by atoms with E-state index in [0.29, 0.717) is 6.07 Å². The second kappa shape index (κ2) is 7.63. The monoisotopic (exact) mass is 447 g/mol. The molecule has 1 saturated heterocycles. The van der Waals surface area contributed by atoms with Crippen molar-refractivity contribution < 1.29 is 35.7 Å². The van der Waals surface area contributed by atoms with Gasteiger partial charge in [-0.25, -0.2) is 8.42 Å². The number of hydrogen-bond donors (Lipinski definition) is 0.